The number of hydrogen-bond acceptors (Lipinski definition) is 5. The van der Waals surface area contributed by atoms with E-state index in [1.54, 1.807) is 0 Å². The molecule has 0 bridgehead atoms. The van der Waals surface area contributed by atoms with E-state index in [4.69, 9.17) is 4.74 Å². The van der Waals surface area contributed by atoms with Crippen molar-refractivity contribution in [3.05, 3.63) is 58.7 Å². The molecule has 1 aliphatic rings. The molecule has 1 aromatic heterocycles. The van der Waals surface area contributed by atoms with Gasteiger partial charge in [-0.1, -0.05) is 35.9 Å². The Bertz CT molecular complexity index is 929. The third kappa shape index (κ3) is 4.54. The molecule has 0 saturated heterocycles. The Morgan fingerprint density at radius 1 is 1.07 bits per heavy atom. The van der Waals surface area contributed by atoms with Gasteiger partial charge in [0.25, 0.3) is 5.19 Å². The number of benzene rings is 2. The van der Waals surface area contributed by atoms with Crippen molar-refractivity contribution in [2.24, 2.45) is 0 Å². The van der Waals surface area contributed by atoms with Gasteiger partial charge in [0, 0.05) is 23.1 Å². The Balaban J connectivity index is 1.45. The quantitative estimate of drug-likeness (QED) is 0.611. The summed E-state index contributed by atoms with van der Waals surface area (Å²) in [4.78, 5) is 4.55. The lowest BCUT2D eigenvalue weighted by atomic mass is 10.0. The van der Waals surface area contributed by atoms with Crippen LogP contribution in [0.3, 0.4) is 0 Å². The molecule has 1 fully saturated rings. The molecule has 27 heavy (non-hydrogen) atoms. The largest absolute Gasteiger partial charge is 0.430 e. The summed E-state index contributed by atoms with van der Waals surface area (Å²) in [5.74, 6) is 1.57. The maximum absolute atomic E-state index is 6.05. The van der Waals surface area contributed by atoms with Crippen molar-refractivity contribution in [3.63, 3.8) is 0 Å². The first-order valence-electron chi connectivity index (χ1n) is 9.50. The SMILES string of the molecule is Cc1ccc(-c2nsc(Oc3cc(C)c(CCNC4CC4)cc3C)n2)cc1. The second-order valence-electron chi connectivity index (χ2n) is 7.37. The molecule has 3 aromatic rings. The van der Waals surface area contributed by atoms with Crippen LogP contribution in [-0.4, -0.2) is 21.9 Å². The third-order valence-electron chi connectivity index (χ3n) is 4.95. The van der Waals surface area contributed by atoms with Gasteiger partial charge in [-0.15, -0.1) is 0 Å². The highest BCUT2D eigenvalue weighted by Gasteiger charge is 2.20. The number of aromatic nitrogens is 2. The lowest BCUT2D eigenvalue weighted by molar-refractivity contribution is 0.475. The number of nitrogens with one attached hydrogen (secondary N) is 1. The van der Waals surface area contributed by atoms with E-state index in [1.807, 2.05) is 12.1 Å². The van der Waals surface area contributed by atoms with E-state index in [9.17, 15) is 0 Å². The minimum atomic E-state index is 0.580. The topological polar surface area (TPSA) is 47.0 Å². The number of hydrogen-bond donors (Lipinski definition) is 1. The molecular formula is C22H25N3OS. The monoisotopic (exact) mass is 379 g/mol. The van der Waals surface area contributed by atoms with E-state index < -0.39 is 0 Å². The summed E-state index contributed by atoms with van der Waals surface area (Å²) in [7, 11) is 0. The van der Waals surface area contributed by atoms with Crippen LogP contribution in [0.4, 0.5) is 0 Å². The Morgan fingerprint density at radius 2 is 1.85 bits per heavy atom. The highest BCUT2D eigenvalue weighted by molar-refractivity contribution is 7.07. The lowest BCUT2D eigenvalue weighted by Crippen LogP contribution is -2.19. The van der Waals surface area contributed by atoms with Crippen molar-refractivity contribution >= 4 is 11.5 Å². The van der Waals surface area contributed by atoms with Gasteiger partial charge in [0.2, 0.25) is 0 Å². The summed E-state index contributed by atoms with van der Waals surface area (Å²) in [6.07, 6.45) is 3.72. The minimum absolute atomic E-state index is 0.580. The summed E-state index contributed by atoms with van der Waals surface area (Å²) >= 11 is 1.29. The summed E-state index contributed by atoms with van der Waals surface area (Å²) in [5, 5.41) is 4.16. The van der Waals surface area contributed by atoms with Crippen molar-refractivity contribution in [1.29, 1.82) is 0 Å². The summed E-state index contributed by atoms with van der Waals surface area (Å²) < 4.78 is 10.5. The van der Waals surface area contributed by atoms with Crippen LogP contribution in [0.5, 0.6) is 10.9 Å². The molecular weight excluding hydrogens is 354 g/mol. The average Bonchev–Trinajstić information content (AvgIpc) is 3.36. The maximum Gasteiger partial charge on any atom is 0.299 e. The van der Waals surface area contributed by atoms with Gasteiger partial charge in [0.1, 0.15) is 5.75 Å². The fraction of sp³-hybridized carbons (Fsp3) is 0.364. The van der Waals surface area contributed by atoms with Crippen molar-refractivity contribution in [1.82, 2.24) is 14.7 Å². The van der Waals surface area contributed by atoms with Crippen LogP contribution in [-0.2, 0) is 6.42 Å². The molecule has 0 amide bonds. The van der Waals surface area contributed by atoms with E-state index in [0.29, 0.717) is 11.0 Å². The molecule has 5 heteroatoms. The van der Waals surface area contributed by atoms with Crippen LogP contribution in [0.25, 0.3) is 11.4 Å². The number of nitrogens with zero attached hydrogens (tertiary/aromatic N) is 2. The molecule has 2 aromatic carbocycles. The predicted molar refractivity (Wildman–Crippen MR) is 111 cm³/mol. The zero-order valence-electron chi connectivity index (χ0n) is 16.1. The molecule has 1 N–H and O–H groups in total. The van der Waals surface area contributed by atoms with Crippen LogP contribution < -0.4 is 10.1 Å². The zero-order chi connectivity index (χ0) is 18.8. The standard InChI is InChI=1S/C22H25N3OS/c1-14-4-6-17(7-5-14)21-24-22(27-25-21)26-20-13-15(2)18(12-16(20)3)10-11-23-19-8-9-19/h4-7,12-13,19,23H,8-11H2,1-3H3. The molecule has 0 aliphatic heterocycles. The fourth-order valence-corrected chi connectivity index (χ4v) is 3.66. The molecule has 0 atom stereocenters. The molecule has 1 saturated carbocycles. The van der Waals surface area contributed by atoms with Gasteiger partial charge in [0.05, 0.1) is 0 Å². The maximum atomic E-state index is 6.05. The molecule has 0 spiro atoms. The van der Waals surface area contributed by atoms with Crippen LogP contribution >= 0.6 is 11.5 Å². The van der Waals surface area contributed by atoms with E-state index in [1.165, 1.54) is 41.1 Å². The van der Waals surface area contributed by atoms with Crippen molar-refractivity contribution in [2.45, 2.75) is 46.1 Å². The second kappa shape index (κ2) is 7.79. The highest BCUT2D eigenvalue weighted by Crippen LogP contribution is 2.31. The first-order valence-corrected chi connectivity index (χ1v) is 10.3. The Labute approximate surface area is 164 Å². The molecule has 1 aliphatic carbocycles. The molecule has 0 unspecified atom stereocenters. The zero-order valence-corrected chi connectivity index (χ0v) is 16.9. The van der Waals surface area contributed by atoms with Gasteiger partial charge >= 0.3 is 0 Å². The van der Waals surface area contributed by atoms with Crippen LogP contribution in [0.1, 0.15) is 35.1 Å². The summed E-state index contributed by atoms with van der Waals surface area (Å²) in [5.41, 5.74) is 6.01. The molecule has 140 valence electrons. The Kier molecular flexibility index (Phi) is 5.23. The highest BCUT2D eigenvalue weighted by atomic mass is 32.1. The molecule has 0 radical (unpaired) electrons. The fourth-order valence-electron chi connectivity index (χ4n) is 3.09. The van der Waals surface area contributed by atoms with Gasteiger partial charge in [-0.2, -0.15) is 9.36 Å². The van der Waals surface area contributed by atoms with Gasteiger partial charge in [-0.05, 0) is 69.3 Å². The number of aryl methyl sites for hydroxylation is 3. The van der Waals surface area contributed by atoms with Crippen LogP contribution in [0.2, 0.25) is 0 Å². The van der Waals surface area contributed by atoms with Crippen LogP contribution in [0.15, 0.2) is 36.4 Å². The first kappa shape index (κ1) is 18.1. The van der Waals surface area contributed by atoms with Crippen LogP contribution in [0, 0.1) is 20.8 Å². The summed E-state index contributed by atoms with van der Waals surface area (Å²) in [6.45, 7) is 7.36. The number of rotatable bonds is 7. The lowest BCUT2D eigenvalue weighted by Gasteiger charge is -2.12. The average molecular weight is 380 g/mol. The van der Waals surface area contributed by atoms with Gasteiger partial charge in [-0.25, -0.2) is 0 Å². The van der Waals surface area contributed by atoms with Gasteiger partial charge in [-0.3, -0.25) is 0 Å². The van der Waals surface area contributed by atoms with Crippen molar-refractivity contribution in [3.8, 4) is 22.3 Å². The first-order chi connectivity index (χ1) is 13.1. The van der Waals surface area contributed by atoms with Crippen molar-refractivity contribution in [2.75, 3.05) is 6.54 Å². The smallest absolute Gasteiger partial charge is 0.299 e. The van der Waals surface area contributed by atoms with Gasteiger partial charge in [0.15, 0.2) is 5.82 Å². The Morgan fingerprint density at radius 3 is 2.59 bits per heavy atom. The summed E-state index contributed by atoms with van der Waals surface area (Å²) in [6, 6.07) is 13.3. The minimum Gasteiger partial charge on any atom is -0.430 e. The van der Waals surface area contributed by atoms with E-state index >= 15 is 0 Å². The molecule has 4 nitrogen and oxygen atoms in total. The number of ether oxygens (including phenoxy) is 1. The molecule has 1 heterocycles. The van der Waals surface area contributed by atoms with E-state index in [-0.39, 0.29) is 0 Å². The van der Waals surface area contributed by atoms with E-state index in [0.717, 1.165) is 35.9 Å². The van der Waals surface area contributed by atoms with E-state index in [2.05, 4.69) is 59.7 Å². The normalized spacial score (nSPS) is 13.7. The van der Waals surface area contributed by atoms with Gasteiger partial charge < -0.3 is 10.1 Å². The third-order valence-corrected chi connectivity index (χ3v) is 5.55. The Hall–Kier alpha value is -2.24. The van der Waals surface area contributed by atoms with Crippen molar-refractivity contribution < 1.29 is 4.74 Å². The predicted octanol–water partition coefficient (Wildman–Crippen LogP) is 5.22. The molecule has 4 rings (SSSR count). The second-order valence-corrected chi connectivity index (χ2v) is 8.09.